The second kappa shape index (κ2) is 10.5. The molecule has 1 aromatic carbocycles. The topological polar surface area (TPSA) is 55.5 Å². The maximum atomic E-state index is 4.82. The highest BCUT2D eigenvalue weighted by molar-refractivity contribution is 14.0. The van der Waals surface area contributed by atoms with Crippen LogP contribution in [0.1, 0.15) is 44.6 Å². The molecule has 2 aliphatic rings. The third-order valence-electron chi connectivity index (χ3n) is 5.83. The zero-order chi connectivity index (χ0) is 18.5. The number of likely N-dealkylation sites (tertiary alicyclic amines) is 1. The zero-order valence-electron chi connectivity index (χ0n) is 16.9. The van der Waals surface area contributed by atoms with Gasteiger partial charge in [-0.3, -0.25) is 4.99 Å². The van der Waals surface area contributed by atoms with Gasteiger partial charge in [-0.05, 0) is 57.1 Å². The molecule has 1 saturated carbocycles. The van der Waals surface area contributed by atoms with Crippen LogP contribution in [0, 0.1) is 0 Å². The van der Waals surface area contributed by atoms with Crippen molar-refractivity contribution >= 4 is 40.8 Å². The average Bonchev–Trinajstić information content (AvgIpc) is 3.47. The van der Waals surface area contributed by atoms with Crippen LogP contribution in [0.2, 0.25) is 0 Å². The Morgan fingerprint density at radius 1 is 1.18 bits per heavy atom. The lowest BCUT2D eigenvalue weighted by atomic mass is 10.1. The number of nitrogens with one attached hydrogen (secondary N) is 3. The molecule has 2 heterocycles. The predicted octanol–water partition coefficient (Wildman–Crippen LogP) is 3.90. The molecule has 2 fully saturated rings. The molecule has 1 aromatic heterocycles. The summed E-state index contributed by atoms with van der Waals surface area (Å²) in [4.78, 5) is 10.9. The Bertz CT molecular complexity index is 759. The fourth-order valence-corrected chi connectivity index (χ4v) is 4.16. The van der Waals surface area contributed by atoms with E-state index in [1.54, 1.807) is 0 Å². The molecule has 5 nitrogen and oxygen atoms in total. The zero-order valence-corrected chi connectivity index (χ0v) is 19.2. The summed E-state index contributed by atoms with van der Waals surface area (Å²) < 4.78 is 0. The average molecular weight is 495 g/mol. The van der Waals surface area contributed by atoms with Gasteiger partial charge in [0.15, 0.2) is 5.96 Å². The summed E-state index contributed by atoms with van der Waals surface area (Å²) >= 11 is 0. The van der Waals surface area contributed by atoms with Crippen molar-refractivity contribution < 1.29 is 0 Å². The number of rotatable bonds is 7. The first kappa shape index (κ1) is 21.4. The van der Waals surface area contributed by atoms with Crippen molar-refractivity contribution in [2.24, 2.45) is 4.99 Å². The van der Waals surface area contributed by atoms with Crippen LogP contribution in [0.5, 0.6) is 0 Å². The molecule has 28 heavy (non-hydrogen) atoms. The number of aryl methyl sites for hydroxylation is 1. The molecule has 4 rings (SSSR count). The molecule has 0 unspecified atom stereocenters. The molecule has 0 amide bonds. The van der Waals surface area contributed by atoms with Gasteiger partial charge in [0.25, 0.3) is 0 Å². The van der Waals surface area contributed by atoms with E-state index in [1.807, 2.05) is 0 Å². The van der Waals surface area contributed by atoms with Crippen molar-refractivity contribution in [2.75, 3.05) is 26.2 Å². The molecule has 1 saturated heterocycles. The van der Waals surface area contributed by atoms with Gasteiger partial charge >= 0.3 is 0 Å². The maximum absolute atomic E-state index is 4.82. The number of nitrogens with zero attached hydrogens (tertiary/aromatic N) is 2. The molecule has 2 aromatic rings. The minimum atomic E-state index is 0. The number of piperidine rings is 1. The second-order valence-corrected chi connectivity index (χ2v) is 7.91. The third kappa shape index (κ3) is 5.63. The van der Waals surface area contributed by atoms with Crippen LogP contribution in [-0.4, -0.2) is 54.1 Å². The molecule has 1 aliphatic heterocycles. The minimum absolute atomic E-state index is 0. The summed E-state index contributed by atoms with van der Waals surface area (Å²) in [7, 11) is 0. The normalized spacial score (nSPS) is 18.8. The number of H-pyrrole nitrogens is 1. The first-order valence-electron chi connectivity index (χ1n) is 10.7. The molecule has 1 aliphatic carbocycles. The van der Waals surface area contributed by atoms with Gasteiger partial charge in [0, 0.05) is 55.4 Å². The quantitative estimate of drug-likeness (QED) is 0.237. The molecule has 154 valence electrons. The van der Waals surface area contributed by atoms with Crippen molar-refractivity contribution in [1.82, 2.24) is 20.5 Å². The van der Waals surface area contributed by atoms with E-state index >= 15 is 0 Å². The number of aliphatic imine (C=N–C) groups is 1. The number of hydrogen-bond donors (Lipinski definition) is 3. The number of aromatic nitrogens is 1. The largest absolute Gasteiger partial charge is 0.361 e. The van der Waals surface area contributed by atoms with Crippen LogP contribution in [0.4, 0.5) is 0 Å². The van der Waals surface area contributed by atoms with Crippen molar-refractivity contribution in [3.05, 3.63) is 36.0 Å². The Morgan fingerprint density at radius 2 is 1.96 bits per heavy atom. The molecule has 0 atom stereocenters. The summed E-state index contributed by atoms with van der Waals surface area (Å²) in [6.45, 7) is 6.38. The summed E-state index contributed by atoms with van der Waals surface area (Å²) in [5, 5.41) is 8.43. The van der Waals surface area contributed by atoms with E-state index in [2.05, 4.69) is 57.9 Å². The first-order valence-corrected chi connectivity index (χ1v) is 10.7. The van der Waals surface area contributed by atoms with E-state index < -0.39 is 0 Å². The number of fused-ring (bicyclic) bond motifs is 1. The maximum Gasteiger partial charge on any atom is 0.191 e. The van der Waals surface area contributed by atoms with E-state index in [1.165, 1.54) is 55.2 Å². The van der Waals surface area contributed by atoms with Gasteiger partial charge in [0.1, 0.15) is 0 Å². The van der Waals surface area contributed by atoms with Gasteiger partial charge in [-0.2, -0.15) is 0 Å². The molecular formula is C22H34IN5. The van der Waals surface area contributed by atoms with Gasteiger partial charge in [-0.25, -0.2) is 0 Å². The molecule has 0 spiro atoms. The number of guanidine groups is 1. The van der Waals surface area contributed by atoms with Crippen molar-refractivity contribution in [2.45, 2.75) is 57.5 Å². The number of halogens is 1. The van der Waals surface area contributed by atoms with E-state index in [9.17, 15) is 0 Å². The van der Waals surface area contributed by atoms with Crippen LogP contribution < -0.4 is 10.6 Å². The lowest BCUT2D eigenvalue weighted by Crippen LogP contribution is -2.49. The highest BCUT2D eigenvalue weighted by Crippen LogP contribution is 2.29. The Kier molecular flexibility index (Phi) is 8.02. The van der Waals surface area contributed by atoms with Gasteiger partial charge in [0.2, 0.25) is 0 Å². The smallest absolute Gasteiger partial charge is 0.191 e. The van der Waals surface area contributed by atoms with Crippen LogP contribution >= 0.6 is 24.0 Å². The molecule has 3 N–H and O–H groups in total. The Hall–Kier alpha value is -1.28. The molecule has 0 radical (unpaired) electrons. The van der Waals surface area contributed by atoms with Gasteiger partial charge in [0.05, 0.1) is 0 Å². The Balaban J connectivity index is 0.00000225. The molecular weight excluding hydrogens is 461 g/mol. The van der Waals surface area contributed by atoms with E-state index in [4.69, 9.17) is 4.99 Å². The Labute approximate surface area is 185 Å². The lowest BCUT2D eigenvalue weighted by molar-refractivity contribution is 0.197. The van der Waals surface area contributed by atoms with E-state index in [0.29, 0.717) is 6.04 Å². The third-order valence-corrected chi connectivity index (χ3v) is 5.83. The number of aromatic amines is 1. The van der Waals surface area contributed by atoms with E-state index in [-0.39, 0.29) is 24.0 Å². The second-order valence-electron chi connectivity index (χ2n) is 7.91. The number of para-hydroxylation sites is 1. The standard InChI is InChI=1S/C22H33N5.HI/c1-2-23-22(26-18-11-14-27(15-12-18)19-9-10-19)24-13-5-6-17-16-25-21-8-4-3-7-20(17)21;/h3-4,7-8,16,18-19,25H,2,5-6,9-15H2,1H3,(H2,23,24,26);1H. The van der Waals surface area contributed by atoms with Crippen LogP contribution in [-0.2, 0) is 6.42 Å². The SMILES string of the molecule is CCNC(=NCCCc1c[nH]c2ccccc12)NC1CCN(C2CC2)CC1.I. The molecule has 0 bridgehead atoms. The summed E-state index contributed by atoms with van der Waals surface area (Å²) in [5.41, 5.74) is 2.62. The van der Waals surface area contributed by atoms with Crippen molar-refractivity contribution in [3.8, 4) is 0 Å². The van der Waals surface area contributed by atoms with Gasteiger partial charge in [-0.15, -0.1) is 24.0 Å². The van der Waals surface area contributed by atoms with Gasteiger partial charge in [-0.1, -0.05) is 18.2 Å². The van der Waals surface area contributed by atoms with Crippen LogP contribution in [0.15, 0.2) is 35.5 Å². The fraction of sp³-hybridized carbons (Fsp3) is 0.591. The summed E-state index contributed by atoms with van der Waals surface area (Å²) in [6, 6.07) is 9.99. The van der Waals surface area contributed by atoms with Gasteiger partial charge < -0.3 is 20.5 Å². The predicted molar refractivity (Wildman–Crippen MR) is 129 cm³/mol. The number of benzene rings is 1. The monoisotopic (exact) mass is 495 g/mol. The summed E-state index contributed by atoms with van der Waals surface area (Å²) in [6.07, 6.45) is 9.57. The number of hydrogen-bond acceptors (Lipinski definition) is 2. The fourth-order valence-electron chi connectivity index (χ4n) is 4.16. The highest BCUT2D eigenvalue weighted by Gasteiger charge is 2.31. The minimum Gasteiger partial charge on any atom is -0.361 e. The molecule has 6 heteroatoms. The van der Waals surface area contributed by atoms with Crippen LogP contribution in [0.3, 0.4) is 0 Å². The highest BCUT2D eigenvalue weighted by atomic mass is 127. The van der Waals surface area contributed by atoms with Crippen LogP contribution in [0.25, 0.3) is 10.9 Å². The van der Waals surface area contributed by atoms with E-state index in [0.717, 1.165) is 37.9 Å². The van der Waals surface area contributed by atoms with Crippen molar-refractivity contribution in [1.29, 1.82) is 0 Å². The summed E-state index contributed by atoms with van der Waals surface area (Å²) in [5.74, 6) is 0.987. The van der Waals surface area contributed by atoms with Crippen molar-refractivity contribution in [3.63, 3.8) is 0 Å². The lowest BCUT2D eigenvalue weighted by Gasteiger charge is -2.33. The Morgan fingerprint density at radius 3 is 2.71 bits per heavy atom. The first-order chi connectivity index (χ1) is 13.3.